The highest BCUT2D eigenvalue weighted by Crippen LogP contribution is 2.28. The first kappa shape index (κ1) is 13.1. The van der Waals surface area contributed by atoms with Crippen molar-refractivity contribution in [2.45, 2.75) is 26.8 Å². The average Bonchev–Trinajstić information content (AvgIpc) is 2.76. The third-order valence-corrected chi connectivity index (χ3v) is 3.75. The smallest absolute Gasteiger partial charge is 0.125 e. The van der Waals surface area contributed by atoms with Gasteiger partial charge in [-0.15, -0.1) is 11.3 Å². The lowest BCUT2D eigenvalue weighted by Crippen LogP contribution is -1.99. The van der Waals surface area contributed by atoms with Crippen molar-refractivity contribution >= 4 is 11.3 Å². The Morgan fingerprint density at radius 3 is 2.72 bits per heavy atom. The van der Waals surface area contributed by atoms with Gasteiger partial charge in [-0.1, -0.05) is 17.7 Å². The van der Waals surface area contributed by atoms with Crippen LogP contribution in [-0.4, -0.2) is 12.1 Å². The minimum atomic E-state index is 0.500. The van der Waals surface area contributed by atoms with Gasteiger partial charge in [-0.25, -0.2) is 4.98 Å². The maximum Gasteiger partial charge on any atom is 0.125 e. The van der Waals surface area contributed by atoms with Gasteiger partial charge in [-0.3, -0.25) is 0 Å². The summed E-state index contributed by atoms with van der Waals surface area (Å²) in [5, 5.41) is 3.10. The Kier molecular flexibility index (Phi) is 3.99. The summed E-state index contributed by atoms with van der Waals surface area (Å²) in [6.45, 7) is 4.67. The summed E-state index contributed by atoms with van der Waals surface area (Å²) in [7, 11) is 1.72. The van der Waals surface area contributed by atoms with Crippen LogP contribution in [0.1, 0.15) is 27.4 Å². The van der Waals surface area contributed by atoms with E-state index in [0.717, 1.165) is 22.9 Å². The fourth-order valence-corrected chi connectivity index (χ4v) is 2.98. The van der Waals surface area contributed by atoms with E-state index >= 15 is 0 Å². The number of methoxy groups -OCH3 is 1. The van der Waals surface area contributed by atoms with Crippen molar-refractivity contribution in [2.75, 3.05) is 7.11 Å². The quantitative estimate of drug-likeness (QED) is 0.921. The summed E-state index contributed by atoms with van der Waals surface area (Å²) in [5.41, 5.74) is 10.1. The second-order valence-electron chi connectivity index (χ2n) is 4.39. The fourth-order valence-electron chi connectivity index (χ4n) is 2.15. The molecule has 0 radical (unpaired) electrons. The molecular formula is C14H18N2OS. The first-order chi connectivity index (χ1) is 8.63. The molecule has 2 aromatic rings. The summed E-state index contributed by atoms with van der Waals surface area (Å²) in [6, 6.07) is 4.30. The second kappa shape index (κ2) is 5.50. The fraction of sp³-hybridized carbons (Fsp3) is 0.357. The van der Waals surface area contributed by atoms with Crippen LogP contribution in [0.4, 0.5) is 0 Å². The Balaban J connectivity index is 2.32. The molecule has 1 aromatic carbocycles. The van der Waals surface area contributed by atoms with Crippen molar-refractivity contribution in [3.8, 4) is 5.75 Å². The standard InChI is InChI=1S/C14H18N2OS/c1-9-4-10(2)14(17-3)11(5-9)6-13-16-12(7-15)8-18-13/h4-5,8H,6-7,15H2,1-3H3. The second-order valence-corrected chi connectivity index (χ2v) is 5.33. The number of rotatable bonds is 4. The molecule has 0 aliphatic carbocycles. The van der Waals surface area contributed by atoms with E-state index in [0.29, 0.717) is 6.54 Å². The van der Waals surface area contributed by atoms with Crippen molar-refractivity contribution in [3.05, 3.63) is 44.9 Å². The Morgan fingerprint density at radius 1 is 1.33 bits per heavy atom. The molecule has 18 heavy (non-hydrogen) atoms. The van der Waals surface area contributed by atoms with Gasteiger partial charge < -0.3 is 10.5 Å². The van der Waals surface area contributed by atoms with Crippen molar-refractivity contribution in [2.24, 2.45) is 5.73 Å². The number of aryl methyl sites for hydroxylation is 2. The lowest BCUT2D eigenvalue weighted by atomic mass is 10.0. The molecular weight excluding hydrogens is 244 g/mol. The highest BCUT2D eigenvalue weighted by atomic mass is 32.1. The normalized spacial score (nSPS) is 10.7. The van der Waals surface area contributed by atoms with E-state index in [1.165, 1.54) is 16.7 Å². The predicted octanol–water partition coefficient (Wildman–Crippen LogP) is 2.82. The highest BCUT2D eigenvalue weighted by molar-refractivity contribution is 7.09. The molecule has 0 saturated carbocycles. The maximum absolute atomic E-state index is 5.58. The first-order valence-corrected chi connectivity index (χ1v) is 6.79. The zero-order chi connectivity index (χ0) is 13.1. The molecule has 1 aromatic heterocycles. The van der Waals surface area contributed by atoms with Gasteiger partial charge in [-0.2, -0.15) is 0 Å². The molecule has 0 bridgehead atoms. The van der Waals surface area contributed by atoms with Crippen LogP contribution >= 0.6 is 11.3 Å². The molecule has 0 spiro atoms. The number of nitrogens with zero attached hydrogens (tertiary/aromatic N) is 1. The Hall–Kier alpha value is -1.39. The van der Waals surface area contributed by atoms with Crippen LogP contribution in [0, 0.1) is 13.8 Å². The van der Waals surface area contributed by atoms with Gasteiger partial charge in [0.05, 0.1) is 17.8 Å². The molecule has 0 aliphatic rings. The van der Waals surface area contributed by atoms with Gasteiger partial charge in [0.15, 0.2) is 0 Å². The third-order valence-electron chi connectivity index (χ3n) is 2.85. The monoisotopic (exact) mass is 262 g/mol. The molecule has 0 saturated heterocycles. The van der Waals surface area contributed by atoms with E-state index in [2.05, 4.69) is 31.0 Å². The van der Waals surface area contributed by atoms with Gasteiger partial charge >= 0.3 is 0 Å². The predicted molar refractivity (Wildman–Crippen MR) is 75.3 cm³/mol. The van der Waals surface area contributed by atoms with Crippen molar-refractivity contribution in [3.63, 3.8) is 0 Å². The number of nitrogens with two attached hydrogens (primary N) is 1. The van der Waals surface area contributed by atoms with Crippen LogP contribution in [0.5, 0.6) is 5.75 Å². The highest BCUT2D eigenvalue weighted by Gasteiger charge is 2.10. The SMILES string of the molecule is COc1c(C)cc(C)cc1Cc1nc(CN)cs1. The number of hydrogen-bond acceptors (Lipinski definition) is 4. The maximum atomic E-state index is 5.58. The topological polar surface area (TPSA) is 48.1 Å². The molecule has 0 fully saturated rings. The van der Waals surface area contributed by atoms with Gasteiger partial charge in [0, 0.05) is 23.9 Å². The molecule has 0 amide bonds. The third kappa shape index (κ3) is 2.71. The summed E-state index contributed by atoms with van der Waals surface area (Å²) < 4.78 is 5.49. The summed E-state index contributed by atoms with van der Waals surface area (Å²) in [5.74, 6) is 0.963. The molecule has 96 valence electrons. The molecule has 0 unspecified atom stereocenters. The molecule has 0 aliphatic heterocycles. The molecule has 1 heterocycles. The van der Waals surface area contributed by atoms with Crippen LogP contribution in [-0.2, 0) is 13.0 Å². The van der Waals surface area contributed by atoms with Crippen LogP contribution < -0.4 is 10.5 Å². The number of ether oxygens (including phenoxy) is 1. The van der Waals surface area contributed by atoms with Crippen LogP contribution in [0.15, 0.2) is 17.5 Å². The first-order valence-electron chi connectivity index (χ1n) is 5.91. The van der Waals surface area contributed by atoms with Crippen LogP contribution in [0.3, 0.4) is 0 Å². The van der Waals surface area contributed by atoms with E-state index < -0.39 is 0 Å². The van der Waals surface area contributed by atoms with E-state index in [1.54, 1.807) is 18.4 Å². The molecule has 2 rings (SSSR count). The lowest BCUT2D eigenvalue weighted by molar-refractivity contribution is 0.407. The van der Waals surface area contributed by atoms with E-state index in [9.17, 15) is 0 Å². The van der Waals surface area contributed by atoms with Crippen molar-refractivity contribution < 1.29 is 4.74 Å². The van der Waals surface area contributed by atoms with Gasteiger partial charge in [0.1, 0.15) is 5.75 Å². The average molecular weight is 262 g/mol. The van der Waals surface area contributed by atoms with Gasteiger partial charge in [0.25, 0.3) is 0 Å². The molecule has 3 nitrogen and oxygen atoms in total. The Labute approximate surface area is 112 Å². The molecule has 4 heteroatoms. The number of benzene rings is 1. The molecule has 0 atom stereocenters. The summed E-state index contributed by atoms with van der Waals surface area (Å²) in [4.78, 5) is 4.50. The summed E-state index contributed by atoms with van der Waals surface area (Å²) in [6.07, 6.45) is 0.802. The lowest BCUT2D eigenvalue weighted by Gasteiger charge is -2.11. The van der Waals surface area contributed by atoms with E-state index in [-0.39, 0.29) is 0 Å². The number of thiazole rings is 1. The van der Waals surface area contributed by atoms with E-state index in [4.69, 9.17) is 10.5 Å². The van der Waals surface area contributed by atoms with Crippen LogP contribution in [0.25, 0.3) is 0 Å². The Bertz CT molecular complexity index is 549. The van der Waals surface area contributed by atoms with Gasteiger partial charge in [-0.05, 0) is 19.4 Å². The van der Waals surface area contributed by atoms with Crippen LogP contribution in [0.2, 0.25) is 0 Å². The number of aromatic nitrogens is 1. The van der Waals surface area contributed by atoms with Crippen molar-refractivity contribution in [1.29, 1.82) is 0 Å². The Morgan fingerprint density at radius 2 is 2.11 bits per heavy atom. The summed E-state index contributed by atoms with van der Waals surface area (Å²) >= 11 is 1.65. The van der Waals surface area contributed by atoms with Crippen molar-refractivity contribution in [1.82, 2.24) is 4.98 Å². The van der Waals surface area contributed by atoms with Gasteiger partial charge in [0.2, 0.25) is 0 Å². The number of hydrogen-bond donors (Lipinski definition) is 1. The zero-order valence-corrected chi connectivity index (χ0v) is 11.8. The minimum Gasteiger partial charge on any atom is -0.496 e. The molecule has 2 N–H and O–H groups in total. The largest absolute Gasteiger partial charge is 0.496 e. The van der Waals surface area contributed by atoms with E-state index in [1.807, 2.05) is 5.38 Å². The zero-order valence-electron chi connectivity index (χ0n) is 11.0. The minimum absolute atomic E-state index is 0.500.